The van der Waals surface area contributed by atoms with E-state index in [2.05, 4.69) is 15.6 Å². The third-order valence-electron chi connectivity index (χ3n) is 3.94. The second-order valence-electron chi connectivity index (χ2n) is 6.10. The van der Waals surface area contributed by atoms with E-state index in [-0.39, 0.29) is 5.91 Å². The number of nitrogens with zero attached hydrogens (tertiary/aromatic N) is 1. The molecule has 3 aromatic rings. The summed E-state index contributed by atoms with van der Waals surface area (Å²) >= 11 is 0. The number of aromatic nitrogens is 1. The monoisotopic (exact) mass is 377 g/mol. The molecule has 0 saturated heterocycles. The van der Waals surface area contributed by atoms with Gasteiger partial charge in [-0.15, -0.1) is 0 Å². The number of benzene rings is 2. The van der Waals surface area contributed by atoms with Crippen molar-refractivity contribution in [2.45, 2.75) is 6.42 Å². The molecule has 1 heterocycles. The van der Waals surface area contributed by atoms with E-state index in [9.17, 15) is 4.79 Å². The number of para-hydroxylation sites is 1. The van der Waals surface area contributed by atoms with Gasteiger partial charge in [0.05, 0.1) is 0 Å². The molecule has 0 aliphatic carbocycles. The Kier molecular flexibility index (Phi) is 6.98. The van der Waals surface area contributed by atoms with Gasteiger partial charge in [-0.1, -0.05) is 18.2 Å². The Morgan fingerprint density at radius 1 is 0.964 bits per heavy atom. The number of carbonyl (C=O) groups is 1. The molecule has 3 rings (SSSR count). The summed E-state index contributed by atoms with van der Waals surface area (Å²) < 4.78 is 10.8. The molecule has 1 aromatic heterocycles. The van der Waals surface area contributed by atoms with E-state index in [0.29, 0.717) is 23.7 Å². The van der Waals surface area contributed by atoms with Gasteiger partial charge >= 0.3 is 0 Å². The zero-order chi connectivity index (χ0) is 19.6. The molecule has 0 saturated carbocycles. The second kappa shape index (κ2) is 10.1. The molecule has 1 amide bonds. The van der Waals surface area contributed by atoms with Crippen molar-refractivity contribution >= 4 is 17.3 Å². The predicted molar refractivity (Wildman–Crippen MR) is 110 cm³/mol. The molecule has 0 radical (unpaired) electrons. The number of anilines is 2. The van der Waals surface area contributed by atoms with Crippen molar-refractivity contribution in [2.24, 2.45) is 0 Å². The largest absolute Gasteiger partial charge is 0.457 e. The second-order valence-corrected chi connectivity index (χ2v) is 6.10. The van der Waals surface area contributed by atoms with E-state index in [4.69, 9.17) is 9.47 Å². The van der Waals surface area contributed by atoms with Crippen LogP contribution in [0.3, 0.4) is 0 Å². The average molecular weight is 377 g/mol. The molecule has 0 fully saturated rings. The van der Waals surface area contributed by atoms with Crippen LogP contribution in [0.5, 0.6) is 11.5 Å². The summed E-state index contributed by atoms with van der Waals surface area (Å²) in [7, 11) is 1.68. The maximum absolute atomic E-state index is 12.5. The molecule has 0 bridgehead atoms. The molecule has 0 atom stereocenters. The summed E-state index contributed by atoms with van der Waals surface area (Å²) in [6.07, 6.45) is 2.50. The Labute approximate surface area is 164 Å². The number of nitrogens with one attached hydrogen (secondary N) is 2. The predicted octanol–water partition coefficient (Wildman–Crippen LogP) is 4.57. The maximum atomic E-state index is 12.5. The average Bonchev–Trinajstić information content (AvgIpc) is 2.74. The normalized spacial score (nSPS) is 10.3. The molecule has 28 heavy (non-hydrogen) atoms. The molecule has 2 aromatic carbocycles. The van der Waals surface area contributed by atoms with Crippen LogP contribution in [0.15, 0.2) is 72.9 Å². The molecule has 0 spiro atoms. The number of methoxy groups -OCH3 is 1. The van der Waals surface area contributed by atoms with Crippen LogP contribution in [0.1, 0.15) is 16.9 Å². The van der Waals surface area contributed by atoms with Crippen LogP contribution in [0.2, 0.25) is 0 Å². The number of ether oxygens (including phenoxy) is 2. The first-order chi connectivity index (χ1) is 13.7. The van der Waals surface area contributed by atoms with Crippen LogP contribution in [0, 0.1) is 0 Å². The number of pyridine rings is 1. The lowest BCUT2D eigenvalue weighted by Gasteiger charge is -2.09. The van der Waals surface area contributed by atoms with Crippen molar-refractivity contribution in [2.75, 3.05) is 30.9 Å². The van der Waals surface area contributed by atoms with Gasteiger partial charge in [-0.3, -0.25) is 9.78 Å². The van der Waals surface area contributed by atoms with Gasteiger partial charge in [-0.05, 0) is 55.0 Å². The Morgan fingerprint density at radius 3 is 2.46 bits per heavy atom. The number of hydrogen-bond acceptors (Lipinski definition) is 5. The van der Waals surface area contributed by atoms with Gasteiger partial charge in [0.25, 0.3) is 5.91 Å². The van der Waals surface area contributed by atoms with Crippen LogP contribution < -0.4 is 15.4 Å². The van der Waals surface area contributed by atoms with Crippen LogP contribution in [0.25, 0.3) is 0 Å². The lowest BCUT2D eigenvalue weighted by atomic mass is 10.2. The van der Waals surface area contributed by atoms with E-state index < -0.39 is 0 Å². The van der Waals surface area contributed by atoms with Gasteiger partial charge in [-0.25, -0.2) is 0 Å². The van der Waals surface area contributed by atoms with E-state index in [1.807, 2.05) is 48.5 Å². The first-order valence-corrected chi connectivity index (χ1v) is 9.08. The highest BCUT2D eigenvalue weighted by atomic mass is 16.5. The summed E-state index contributed by atoms with van der Waals surface area (Å²) in [6.45, 7) is 1.46. The molecule has 0 aliphatic rings. The molecule has 0 unspecified atom stereocenters. The lowest BCUT2D eigenvalue weighted by molar-refractivity contribution is 0.102. The molecule has 6 nitrogen and oxygen atoms in total. The van der Waals surface area contributed by atoms with Crippen LogP contribution in [0.4, 0.5) is 11.4 Å². The minimum atomic E-state index is -0.266. The Balaban J connectivity index is 1.57. The highest BCUT2D eigenvalue weighted by molar-refractivity contribution is 6.03. The summed E-state index contributed by atoms with van der Waals surface area (Å²) in [5, 5.41) is 6.10. The minimum Gasteiger partial charge on any atom is -0.457 e. The van der Waals surface area contributed by atoms with Crippen molar-refractivity contribution < 1.29 is 14.3 Å². The zero-order valence-electron chi connectivity index (χ0n) is 15.7. The molecular weight excluding hydrogens is 354 g/mol. The first kappa shape index (κ1) is 19.4. The first-order valence-electron chi connectivity index (χ1n) is 9.08. The highest BCUT2D eigenvalue weighted by Gasteiger charge is 2.09. The van der Waals surface area contributed by atoms with Crippen LogP contribution in [-0.2, 0) is 4.74 Å². The summed E-state index contributed by atoms with van der Waals surface area (Å²) in [5.41, 5.74) is 1.87. The van der Waals surface area contributed by atoms with Gasteiger partial charge < -0.3 is 20.1 Å². The fourth-order valence-corrected chi connectivity index (χ4v) is 2.54. The maximum Gasteiger partial charge on any atom is 0.274 e. The minimum absolute atomic E-state index is 0.266. The van der Waals surface area contributed by atoms with Crippen molar-refractivity contribution in [3.8, 4) is 11.5 Å². The fraction of sp³-hybridized carbons (Fsp3) is 0.182. The smallest absolute Gasteiger partial charge is 0.274 e. The molecular formula is C22H23N3O3. The Hall–Kier alpha value is -3.38. The highest BCUT2D eigenvalue weighted by Crippen LogP contribution is 2.23. The summed E-state index contributed by atoms with van der Waals surface area (Å²) in [5.74, 6) is 1.19. The van der Waals surface area contributed by atoms with Gasteiger partial charge in [0.1, 0.15) is 17.2 Å². The summed E-state index contributed by atoms with van der Waals surface area (Å²) in [4.78, 5) is 16.6. The molecule has 6 heteroatoms. The number of hydrogen-bond donors (Lipinski definition) is 2. The lowest BCUT2D eigenvalue weighted by Crippen LogP contribution is -2.14. The Bertz CT molecular complexity index is 883. The van der Waals surface area contributed by atoms with Gasteiger partial charge in [0.15, 0.2) is 0 Å². The number of carbonyl (C=O) groups excluding carboxylic acids is 1. The van der Waals surface area contributed by atoms with Crippen LogP contribution >= 0.6 is 0 Å². The Morgan fingerprint density at radius 2 is 1.71 bits per heavy atom. The van der Waals surface area contributed by atoms with E-state index >= 15 is 0 Å². The third kappa shape index (κ3) is 5.82. The third-order valence-corrected chi connectivity index (χ3v) is 3.94. The van der Waals surface area contributed by atoms with E-state index in [0.717, 1.165) is 24.4 Å². The van der Waals surface area contributed by atoms with E-state index in [1.54, 1.807) is 31.5 Å². The van der Waals surface area contributed by atoms with Gasteiger partial charge in [0, 0.05) is 37.8 Å². The fourth-order valence-electron chi connectivity index (χ4n) is 2.54. The summed E-state index contributed by atoms with van der Waals surface area (Å²) in [6, 6.07) is 20.3. The van der Waals surface area contributed by atoms with E-state index in [1.165, 1.54) is 0 Å². The van der Waals surface area contributed by atoms with Crippen molar-refractivity contribution in [3.05, 3.63) is 78.6 Å². The van der Waals surface area contributed by atoms with Gasteiger partial charge in [-0.2, -0.15) is 0 Å². The number of amides is 1. The zero-order valence-corrected chi connectivity index (χ0v) is 15.7. The number of rotatable bonds is 9. The SMILES string of the molecule is COCCCNc1ccnc(C(=O)Nc2ccc(Oc3ccccc3)cc2)c1. The quantitative estimate of drug-likeness (QED) is 0.534. The topological polar surface area (TPSA) is 72.5 Å². The van der Waals surface area contributed by atoms with Gasteiger partial charge in [0.2, 0.25) is 0 Å². The molecule has 0 aliphatic heterocycles. The van der Waals surface area contributed by atoms with Crippen molar-refractivity contribution in [3.63, 3.8) is 0 Å². The molecule has 2 N–H and O–H groups in total. The molecule has 144 valence electrons. The van der Waals surface area contributed by atoms with Crippen molar-refractivity contribution in [1.82, 2.24) is 4.98 Å². The van der Waals surface area contributed by atoms with Crippen LogP contribution in [-0.4, -0.2) is 31.2 Å². The van der Waals surface area contributed by atoms with Crippen molar-refractivity contribution in [1.29, 1.82) is 0 Å². The standard InChI is InChI=1S/C22H23N3O3/c1-27-15-5-13-23-18-12-14-24-21(16-18)22(26)25-17-8-10-20(11-9-17)28-19-6-3-2-4-7-19/h2-4,6-12,14,16H,5,13,15H2,1H3,(H,23,24)(H,25,26).